The van der Waals surface area contributed by atoms with Crippen molar-refractivity contribution in [1.29, 1.82) is 0 Å². The molecule has 1 fully saturated rings. The third-order valence-electron chi connectivity index (χ3n) is 5.10. The van der Waals surface area contributed by atoms with Crippen LogP contribution in [0.1, 0.15) is 48.9 Å². The Morgan fingerprint density at radius 2 is 1.90 bits per heavy atom. The number of thioether (sulfide) groups is 1. The summed E-state index contributed by atoms with van der Waals surface area (Å²) in [7, 11) is 3.47. The molecule has 29 heavy (non-hydrogen) atoms. The highest BCUT2D eigenvalue weighted by molar-refractivity contribution is 8.18. The largest absolute Gasteiger partial charge is 0.496 e. The Balaban J connectivity index is 1.93. The number of benzene rings is 2. The fourth-order valence-electron chi connectivity index (χ4n) is 3.21. The van der Waals surface area contributed by atoms with Crippen molar-refractivity contribution < 1.29 is 9.53 Å². The molecule has 1 amide bonds. The number of carbonyl (C=O) groups is 1. The van der Waals surface area contributed by atoms with Gasteiger partial charge < -0.3 is 4.74 Å². The van der Waals surface area contributed by atoms with E-state index >= 15 is 0 Å². The number of methoxy groups -OCH3 is 1. The second kappa shape index (κ2) is 8.87. The minimum atomic E-state index is -0.0276. The SMILES string of the molecule is CCc1ccc(N=C2S/C(=C\c3cc(C(C)C)c(OC)cc3C)C(=O)N2C)cc1. The first kappa shape index (κ1) is 21.2. The predicted octanol–water partition coefficient (Wildman–Crippen LogP) is 5.92. The standard InChI is InChI=1S/C24H28N2O2S/c1-7-17-8-10-19(11-9-17)25-24-26(5)23(27)22(29-24)14-18-13-20(15(2)3)21(28-6)12-16(18)4/h8-15H,7H2,1-6H3/b22-14-,25-24?. The first-order valence-corrected chi connectivity index (χ1v) is 10.7. The molecule has 1 heterocycles. The van der Waals surface area contributed by atoms with Crippen LogP contribution in [-0.4, -0.2) is 30.1 Å². The van der Waals surface area contributed by atoms with Crippen LogP contribution in [0.2, 0.25) is 0 Å². The topological polar surface area (TPSA) is 41.9 Å². The molecule has 0 bridgehead atoms. The predicted molar refractivity (Wildman–Crippen MR) is 123 cm³/mol. The van der Waals surface area contributed by atoms with Crippen LogP contribution in [0.4, 0.5) is 5.69 Å². The van der Waals surface area contributed by atoms with E-state index in [1.54, 1.807) is 19.1 Å². The van der Waals surface area contributed by atoms with Gasteiger partial charge in [-0.2, -0.15) is 0 Å². The second-order valence-electron chi connectivity index (χ2n) is 7.49. The molecule has 2 aromatic rings. The molecule has 0 unspecified atom stereocenters. The lowest BCUT2D eigenvalue weighted by molar-refractivity contribution is -0.121. The summed E-state index contributed by atoms with van der Waals surface area (Å²) < 4.78 is 5.53. The molecule has 1 aliphatic rings. The van der Waals surface area contributed by atoms with Gasteiger partial charge in [0.15, 0.2) is 5.17 Å². The lowest BCUT2D eigenvalue weighted by atomic mass is 9.96. The van der Waals surface area contributed by atoms with Crippen LogP contribution in [-0.2, 0) is 11.2 Å². The van der Waals surface area contributed by atoms with Crippen molar-refractivity contribution in [3.8, 4) is 5.75 Å². The van der Waals surface area contributed by atoms with Crippen molar-refractivity contribution in [3.05, 3.63) is 63.6 Å². The number of rotatable bonds is 5. The zero-order valence-electron chi connectivity index (χ0n) is 17.9. The van der Waals surface area contributed by atoms with Gasteiger partial charge in [0, 0.05) is 7.05 Å². The molecule has 0 saturated carbocycles. The molecule has 0 aliphatic carbocycles. The van der Waals surface area contributed by atoms with Crippen LogP contribution in [0, 0.1) is 6.92 Å². The molecule has 0 aromatic heterocycles. The number of carbonyl (C=O) groups excluding carboxylic acids is 1. The Morgan fingerprint density at radius 3 is 2.48 bits per heavy atom. The molecule has 152 valence electrons. The van der Waals surface area contributed by atoms with Gasteiger partial charge in [-0.1, -0.05) is 32.9 Å². The Morgan fingerprint density at radius 1 is 1.21 bits per heavy atom. The summed E-state index contributed by atoms with van der Waals surface area (Å²) in [5.41, 5.74) is 5.38. The summed E-state index contributed by atoms with van der Waals surface area (Å²) in [5.74, 6) is 1.20. The lowest BCUT2D eigenvalue weighted by Gasteiger charge is -2.14. The van der Waals surface area contributed by atoms with E-state index in [9.17, 15) is 4.79 Å². The second-order valence-corrected chi connectivity index (χ2v) is 8.50. The molecule has 0 spiro atoms. The van der Waals surface area contributed by atoms with Gasteiger partial charge >= 0.3 is 0 Å². The molecular formula is C24H28N2O2S. The van der Waals surface area contributed by atoms with Crippen LogP contribution in [0.25, 0.3) is 6.08 Å². The minimum absolute atomic E-state index is 0.0276. The number of ether oxygens (including phenoxy) is 1. The van der Waals surface area contributed by atoms with Gasteiger partial charge in [-0.05, 0) is 83.6 Å². The summed E-state index contributed by atoms with van der Waals surface area (Å²) in [6.45, 7) is 8.45. The maximum atomic E-state index is 12.8. The van der Waals surface area contributed by atoms with Crippen LogP contribution in [0.5, 0.6) is 5.75 Å². The Labute approximate surface area is 177 Å². The average Bonchev–Trinajstić information content (AvgIpc) is 2.97. The Bertz CT molecular complexity index is 975. The van der Waals surface area contributed by atoms with Crippen LogP contribution in [0.15, 0.2) is 46.3 Å². The van der Waals surface area contributed by atoms with E-state index in [0.717, 1.165) is 34.5 Å². The molecule has 1 aliphatic heterocycles. The first-order valence-electron chi connectivity index (χ1n) is 9.87. The van der Waals surface area contributed by atoms with Crippen LogP contribution < -0.4 is 4.74 Å². The van der Waals surface area contributed by atoms with Gasteiger partial charge in [-0.15, -0.1) is 0 Å². The maximum Gasteiger partial charge on any atom is 0.266 e. The number of nitrogens with zero attached hydrogens (tertiary/aromatic N) is 2. The highest BCUT2D eigenvalue weighted by Gasteiger charge is 2.30. The molecule has 0 radical (unpaired) electrons. The van der Waals surface area contributed by atoms with Gasteiger partial charge in [-0.25, -0.2) is 4.99 Å². The number of likely N-dealkylation sites (N-methyl/N-ethyl adjacent to an activating group) is 1. The molecule has 0 atom stereocenters. The number of aliphatic imine (C=N–C) groups is 1. The Kier molecular flexibility index (Phi) is 6.48. The summed E-state index contributed by atoms with van der Waals surface area (Å²) in [6.07, 6.45) is 2.96. The molecule has 4 nitrogen and oxygen atoms in total. The van der Waals surface area contributed by atoms with Crippen molar-refractivity contribution in [1.82, 2.24) is 4.90 Å². The lowest BCUT2D eigenvalue weighted by Crippen LogP contribution is -2.23. The smallest absolute Gasteiger partial charge is 0.266 e. The minimum Gasteiger partial charge on any atom is -0.496 e. The number of amides is 1. The highest BCUT2D eigenvalue weighted by Crippen LogP contribution is 2.36. The van der Waals surface area contributed by atoms with E-state index in [1.165, 1.54) is 17.3 Å². The molecule has 0 N–H and O–H groups in total. The van der Waals surface area contributed by atoms with E-state index in [1.807, 2.05) is 31.2 Å². The van der Waals surface area contributed by atoms with Gasteiger partial charge in [0.1, 0.15) is 5.75 Å². The number of aryl methyl sites for hydroxylation is 2. The monoisotopic (exact) mass is 408 g/mol. The van der Waals surface area contributed by atoms with Crippen molar-refractivity contribution >= 4 is 34.6 Å². The van der Waals surface area contributed by atoms with E-state index in [0.29, 0.717) is 16.0 Å². The molecular weight excluding hydrogens is 380 g/mol. The summed E-state index contributed by atoms with van der Waals surface area (Å²) in [5, 5.41) is 0.695. The van der Waals surface area contributed by atoms with E-state index in [4.69, 9.17) is 4.74 Å². The van der Waals surface area contributed by atoms with Crippen LogP contribution >= 0.6 is 11.8 Å². The zero-order valence-corrected chi connectivity index (χ0v) is 18.8. The number of amidine groups is 1. The first-order chi connectivity index (χ1) is 13.8. The van der Waals surface area contributed by atoms with Gasteiger partial charge in [0.05, 0.1) is 17.7 Å². The van der Waals surface area contributed by atoms with Crippen molar-refractivity contribution in [2.45, 2.75) is 40.0 Å². The third kappa shape index (κ3) is 4.56. The quantitative estimate of drug-likeness (QED) is 0.576. The van der Waals surface area contributed by atoms with Crippen molar-refractivity contribution in [2.75, 3.05) is 14.2 Å². The molecule has 3 rings (SSSR count). The summed E-state index contributed by atoms with van der Waals surface area (Å²) in [4.78, 5) is 19.8. The Hall–Kier alpha value is -2.53. The fraction of sp³-hybridized carbons (Fsp3) is 0.333. The van der Waals surface area contributed by atoms with Crippen LogP contribution in [0.3, 0.4) is 0 Å². The maximum absolute atomic E-state index is 12.8. The number of hydrogen-bond acceptors (Lipinski definition) is 4. The number of hydrogen-bond donors (Lipinski definition) is 0. The van der Waals surface area contributed by atoms with E-state index in [2.05, 4.69) is 44.0 Å². The van der Waals surface area contributed by atoms with Gasteiger partial charge in [-0.3, -0.25) is 9.69 Å². The average molecular weight is 409 g/mol. The van der Waals surface area contributed by atoms with Crippen molar-refractivity contribution in [2.24, 2.45) is 4.99 Å². The third-order valence-corrected chi connectivity index (χ3v) is 6.16. The molecule has 1 saturated heterocycles. The van der Waals surface area contributed by atoms with Crippen molar-refractivity contribution in [3.63, 3.8) is 0 Å². The fourth-order valence-corrected chi connectivity index (χ4v) is 4.19. The normalized spacial score (nSPS) is 17.1. The summed E-state index contributed by atoms with van der Waals surface area (Å²) >= 11 is 1.42. The summed E-state index contributed by atoms with van der Waals surface area (Å²) in [6, 6.07) is 12.3. The zero-order chi connectivity index (χ0) is 21.1. The van der Waals surface area contributed by atoms with Gasteiger partial charge in [0.25, 0.3) is 5.91 Å². The van der Waals surface area contributed by atoms with E-state index < -0.39 is 0 Å². The van der Waals surface area contributed by atoms with Gasteiger partial charge in [0.2, 0.25) is 0 Å². The van der Waals surface area contributed by atoms with E-state index in [-0.39, 0.29) is 5.91 Å². The highest BCUT2D eigenvalue weighted by atomic mass is 32.2. The molecule has 2 aromatic carbocycles. The molecule has 5 heteroatoms.